The standard InChI is InChI=1S/C8H5IOS2/c9-5-3-12-7-2-4(10)1-6(11)8(5)7/h1-3,10-11H. The van der Waals surface area contributed by atoms with E-state index in [1.54, 1.807) is 23.5 Å². The second kappa shape index (κ2) is 3.08. The third-order valence-corrected chi connectivity index (χ3v) is 4.15. The van der Waals surface area contributed by atoms with Crippen LogP contribution in [0.2, 0.25) is 0 Å². The Morgan fingerprint density at radius 2 is 2.17 bits per heavy atom. The Morgan fingerprint density at radius 1 is 1.42 bits per heavy atom. The number of hydrogen-bond acceptors (Lipinski definition) is 3. The van der Waals surface area contributed by atoms with E-state index in [-0.39, 0.29) is 5.75 Å². The van der Waals surface area contributed by atoms with Crippen molar-refractivity contribution in [2.75, 3.05) is 0 Å². The molecule has 0 amide bonds. The molecule has 0 atom stereocenters. The van der Waals surface area contributed by atoms with Crippen LogP contribution in [0.25, 0.3) is 10.1 Å². The number of benzene rings is 1. The van der Waals surface area contributed by atoms with E-state index in [4.69, 9.17) is 0 Å². The van der Waals surface area contributed by atoms with E-state index in [2.05, 4.69) is 40.6 Å². The fourth-order valence-electron chi connectivity index (χ4n) is 1.09. The zero-order valence-electron chi connectivity index (χ0n) is 5.91. The third kappa shape index (κ3) is 1.31. The first-order valence-corrected chi connectivity index (χ1v) is 5.68. The van der Waals surface area contributed by atoms with Crippen LogP contribution in [0.4, 0.5) is 0 Å². The zero-order chi connectivity index (χ0) is 8.72. The lowest BCUT2D eigenvalue weighted by Crippen LogP contribution is -1.71. The van der Waals surface area contributed by atoms with Crippen molar-refractivity contribution in [2.45, 2.75) is 4.90 Å². The lowest BCUT2D eigenvalue weighted by molar-refractivity contribution is 0.475. The van der Waals surface area contributed by atoms with Crippen molar-refractivity contribution in [3.05, 3.63) is 21.1 Å². The van der Waals surface area contributed by atoms with Gasteiger partial charge in [0.1, 0.15) is 5.75 Å². The van der Waals surface area contributed by atoms with Crippen molar-refractivity contribution in [1.29, 1.82) is 0 Å². The molecule has 1 heterocycles. The fraction of sp³-hybridized carbons (Fsp3) is 0. The molecule has 0 saturated carbocycles. The lowest BCUT2D eigenvalue weighted by Gasteiger charge is -1.97. The topological polar surface area (TPSA) is 20.2 Å². The number of phenolic OH excluding ortho intramolecular Hbond substituents is 1. The van der Waals surface area contributed by atoms with Crippen LogP contribution in [0.1, 0.15) is 0 Å². The minimum absolute atomic E-state index is 0.283. The summed E-state index contributed by atoms with van der Waals surface area (Å²) < 4.78 is 2.28. The maximum Gasteiger partial charge on any atom is 0.118 e. The largest absolute Gasteiger partial charge is 0.508 e. The molecule has 0 aliphatic carbocycles. The van der Waals surface area contributed by atoms with Crippen molar-refractivity contribution < 1.29 is 5.11 Å². The first kappa shape index (κ1) is 8.65. The van der Waals surface area contributed by atoms with Gasteiger partial charge in [-0.15, -0.1) is 24.0 Å². The van der Waals surface area contributed by atoms with Gasteiger partial charge in [-0.05, 0) is 34.7 Å². The average Bonchev–Trinajstić information content (AvgIpc) is 2.31. The van der Waals surface area contributed by atoms with Crippen molar-refractivity contribution in [1.82, 2.24) is 0 Å². The Labute approximate surface area is 93.0 Å². The Bertz CT molecular complexity index is 436. The number of halogens is 1. The van der Waals surface area contributed by atoms with E-state index in [1.807, 2.05) is 0 Å². The second-order valence-corrected chi connectivity index (χ2v) is 4.98. The Kier molecular flexibility index (Phi) is 2.22. The molecule has 0 radical (unpaired) electrons. The van der Waals surface area contributed by atoms with Gasteiger partial charge in [0.15, 0.2) is 0 Å². The Morgan fingerprint density at radius 3 is 2.92 bits per heavy atom. The summed E-state index contributed by atoms with van der Waals surface area (Å²) in [6.45, 7) is 0. The fourth-order valence-corrected chi connectivity index (χ4v) is 3.78. The van der Waals surface area contributed by atoms with Gasteiger partial charge in [0.05, 0.1) is 0 Å². The third-order valence-electron chi connectivity index (χ3n) is 1.59. The summed E-state index contributed by atoms with van der Waals surface area (Å²) in [4.78, 5) is 0.843. The molecule has 0 aliphatic heterocycles. The van der Waals surface area contributed by atoms with Gasteiger partial charge in [-0.2, -0.15) is 0 Å². The van der Waals surface area contributed by atoms with Gasteiger partial charge < -0.3 is 5.11 Å². The number of phenols is 1. The van der Waals surface area contributed by atoms with Gasteiger partial charge in [0.2, 0.25) is 0 Å². The number of thiophene rings is 1. The summed E-state index contributed by atoms with van der Waals surface area (Å²) in [7, 11) is 0. The van der Waals surface area contributed by atoms with Crippen LogP contribution >= 0.6 is 46.6 Å². The van der Waals surface area contributed by atoms with E-state index in [0.29, 0.717) is 0 Å². The second-order valence-electron chi connectivity index (χ2n) is 2.42. The van der Waals surface area contributed by atoms with Gasteiger partial charge in [-0.3, -0.25) is 0 Å². The zero-order valence-corrected chi connectivity index (χ0v) is 9.78. The van der Waals surface area contributed by atoms with Crippen molar-refractivity contribution in [2.24, 2.45) is 0 Å². The molecule has 12 heavy (non-hydrogen) atoms. The summed E-state index contributed by atoms with van der Waals surface area (Å²) in [5.74, 6) is 0.283. The summed E-state index contributed by atoms with van der Waals surface area (Å²) in [5, 5.41) is 12.5. The Hall–Kier alpha value is 0.0600. The van der Waals surface area contributed by atoms with Crippen LogP contribution in [-0.4, -0.2) is 5.11 Å². The molecule has 0 fully saturated rings. The molecule has 0 saturated heterocycles. The summed E-state index contributed by atoms with van der Waals surface area (Å²) in [6.07, 6.45) is 0. The lowest BCUT2D eigenvalue weighted by atomic mass is 10.2. The predicted molar refractivity (Wildman–Crippen MR) is 63.5 cm³/mol. The van der Waals surface area contributed by atoms with Gasteiger partial charge in [0, 0.05) is 23.9 Å². The molecular formula is C8H5IOS2. The van der Waals surface area contributed by atoms with Gasteiger partial charge in [-0.1, -0.05) is 0 Å². The molecule has 1 N–H and O–H groups in total. The maximum absolute atomic E-state index is 9.28. The summed E-state index contributed by atoms with van der Waals surface area (Å²) >= 11 is 8.19. The molecule has 2 aromatic rings. The highest BCUT2D eigenvalue weighted by Crippen LogP contribution is 2.34. The number of rotatable bonds is 0. The molecule has 1 aromatic heterocycles. The molecule has 1 aromatic carbocycles. The van der Waals surface area contributed by atoms with E-state index < -0.39 is 0 Å². The minimum Gasteiger partial charge on any atom is -0.508 e. The predicted octanol–water partition coefficient (Wildman–Crippen LogP) is 3.50. The summed E-state index contributed by atoms with van der Waals surface area (Å²) in [5.41, 5.74) is 0. The van der Waals surface area contributed by atoms with Crippen molar-refractivity contribution in [3.63, 3.8) is 0 Å². The first-order valence-electron chi connectivity index (χ1n) is 3.27. The number of aromatic hydroxyl groups is 1. The summed E-state index contributed by atoms with van der Waals surface area (Å²) in [6, 6.07) is 3.43. The van der Waals surface area contributed by atoms with Crippen LogP contribution in [-0.2, 0) is 0 Å². The van der Waals surface area contributed by atoms with Gasteiger partial charge in [0.25, 0.3) is 0 Å². The maximum atomic E-state index is 9.28. The van der Waals surface area contributed by atoms with E-state index in [0.717, 1.165) is 15.0 Å². The number of hydrogen-bond donors (Lipinski definition) is 2. The van der Waals surface area contributed by atoms with Crippen LogP contribution in [0.3, 0.4) is 0 Å². The molecule has 4 heteroatoms. The first-order chi connectivity index (χ1) is 5.68. The van der Waals surface area contributed by atoms with Gasteiger partial charge >= 0.3 is 0 Å². The molecule has 0 bridgehead atoms. The molecule has 2 rings (SSSR count). The highest BCUT2D eigenvalue weighted by Gasteiger charge is 2.05. The highest BCUT2D eigenvalue weighted by molar-refractivity contribution is 14.1. The van der Waals surface area contributed by atoms with Crippen molar-refractivity contribution in [3.8, 4) is 5.75 Å². The normalized spacial score (nSPS) is 10.8. The van der Waals surface area contributed by atoms with Crippen molar-refractivity contribution >= 4 is 56.6 Å². The molecule has 62 valence electrons. The molecule has 0 aliphatic rings. The number of fused-ring (bicyclic) bond motifs is 1. The van der Waals surface area contributed by atoms with E-state index in [9.17, 15) is 5.11 Å². The minimum atomic E-state index is 0.283. The number of thiol groups is 1. The highest BCUT2D eigenvalue weighted by atomic mass is 127. The van der Waals surface area contributed by atoms with Crippen LogP contribution in [0, 0.1) is 3.57 Å². The van der Waals surface area contributed by atoms with E-state index in [1.165, 1.54) is 3.57 Å². The molecular weight excluding hydrogens is 303 g/mol. The smallest absolute Gasteiger partial charge is 0.118 e. The average molecular weight is 308 g/mol. The monoisotopic (exact) mass is 308 g/mol. The molecule has 1 nitrogen and oxygen atoms in total. The van der Waals surface area contributed by atoms with Crippen LogP contribution in [0.5, 0.6) is 5.75 Å². The van der Waals surface area contributed by atoms with Crippen LogP contribution in [0.15, 0.2) is 22.4 Å². The van der Waals surface area contributed by atoms with Gasteiger partial charge in [-0.25, -0.2) is 0 Å². The molecule has 0 spiro atoms. The quantitative estimate of drug-likeness (QED) is 0.564. The SMILES string of the molecule is Oc1cc(S)c2c(I)csc2c1. The Balaban J connectivity index is 2.93. The van der Waals surface area contributed by atoms with Crippen LogP contribution < -0.4 is 0 Å². The molecule has 0 unspecified atom stereocenters. The van der Waals surface area contributed by atoms with E-state index >= 15 is 0 Å².